The molecule has 1 saturated heterocycles. The lowest BCUT2D eigenvalue weighted by molar-refractivity contribution is -0.116. The first-order valence-corrected chi connectivity index (χ1v) is 7.02. The Bertz CT molecular complexity index is 256. The molecule has 0 aliphatic carbocycles. The van der Waals surface area contributed by atoms with Crippen LogP contribution in [0.5, 0.6) is 0 Å². The third-order valence-electron chi connectivity index (χ3n) is 1.89. The molecule has 1 rings (SSSR count). The fourth-order valence-corrected chi connectivity index (χ4v) is 2.29. The summed E-state index contributed by atoms with van der Waals surface area (Å²) in [6.45, 7) is 0. The van der Waals surface area contributed by atoms with Crippen LogP contribution in [0.25, 0.3) is 0 Å². The first-order valence-electron chi connectivity index (χ1n) is 4.09. The molecule has 1 fully saturated rings. The van der Waals surface area contributed by atoms with Crippen LogP contribution >= 0.6 is 19.6 Å². The molecule has 7 nitrogen and oxygen atoms in total. The zero-order valence-corrected chi connectivity index (χ0v) is 9.60. The minimum absolute atomic E-state index is 0.402. The largest absolute Gasteiger partial charge is 0.472 e. The third kappa shape index (κ3) is 3.69. The van der Waals surface area contributed by atoms with Crippen LogP contribution in [0.2, 0.25) is 0 Å². The number of ether oxygens (including phenoxy) is 1. The molecule has 1 aliphatic heterocycles. The van der Waals surface area contributed by atoms with E-state index in [0.29, 0.717) is 5.75 Å². The highest BCUT2D eigenvalue weighted by atomic mass is 32.2. The van der Waals surface area contributed by atoms with Gasteiger partial charge in [0.15, 0.2) is 6.29 Å². The highest BCUT2D eigenvalue weighted by Gasteiger charge is 2.45. The lowest BCUT2D eigenvalue weighted by Gasteiger charge is -2.15. The van der Waals surface area contributed by atoms with Crippen molar-refractivity contribution in [2.24, 2.45) is 0 Å². The summed E-state index contributed by atoms with van der Waals surface area (Å²) in [5.74, 6) is 0.402. The first-order chi connectivity index (χ1) is 6.85. The summed E-state index contributed by atoms with van der Waals surface area (Å²) < 4.78 is 19.6. The van der Waals surface area contributed by atoms with Crippen LogP contribution in [0.15, 0.2) is 0 Å². The Balaban J connectivity index is 2.59. The molecular weight excluding hydrogens is 247 g/mol. The Kier molecular flexibility index (Phi) is 4.57. The van der Waals surface area contributed by atoms with Gasteiger partial charge < -0.3 is 24.7 Å². The van der Waals surface area contributed by atoms with Gasteiger partial charge in [-0.15, -0.1) is 0 Å². The second-order valence-corrected chi connectivity index (χ2v) is 5.18. The molecule has 4 N–H and O–H groups in total. The lowest BCUT2D eigenvalue weighted by Crippen LogP contribution is -2.33. The molecule has 0 aromatic carbocycles. The lowest BCUT2D eigenvalue weighted by atomic mass is 10.2. The number of hydrogen-bond acceptors (Lipinski definition) is 6. The normalized spacial score (nSPS) is 37.1. The molecule has 15 heavy (non-hydrogen) atoms. The van der Waals surface area contributed by atoms with E-state index in [0.717, 1.165) is 0 Å². The molecule has 0 saturated carbocycles. The molecule has 0 aromatic heterocycles. The zero-order chi connectivity index (χ0) is 11.6. The molecule has 0 spiro atoms. The van der Waals surface area contributed by atoms with Crippen molar-refractivity contribution < 1.29 is 33.8 Å². The maximum Gasteiger partial charge on any atom is 0.472 e. The van der Waals surface area contributed by atoms with Crippen LogP contribution in [0.1, 0.15) is 0 Å². The van der Waals surface area contributed by atoms with Crippen LogP contribution < -0.4 is 0 Å². The SMILES string of the molecule is CSCC1OC(OP(=O)(O)O)C(O)C1O. The smallest absolute Gasteiger partial charge is 0.387 e. The van der Waals surface area contributed by atoms with E-state index in [-0.39, 0.29) is 0 Å². The molecule has 4 unspecified atom stereocenters. The molecular formula is C6H13O7PS. The molecule has 4 atom stereocenters. The predicted molar refractivity (Wildman–Crippen MR) is 52.2 cm³/mol. The van der Waals surface area contributed by atoms with Gasteiger partial charge in [0.1, 0.15) is 12.2 Å². The first kappa shape index (κ1) is 13.4. The molecule has 1 aliphatic rings. The van der Waals surface area contributed by atoms with Gasteiger partial charge in [-0.1, -0.05) is 0 Å². The summed E-state index contributed by atoms with van der Waals surface area (Å²) in [7, 11) is -4.73. The van der Waals surface area contributed by atoms with Gasteiger partial charge in [-0.3, -0.25) is 4.52 Å². The Morgan fingerprint density at radius 2 is 2.00 bits per heavy atom. The van der Waals surface area contributed by atoms with Crippen molar-refractivity contribution in [3.63, 3.8) is 0 Å². The predicted octanol–water partition coefficient (Wildman–Crippen LogP) is -1.09. The molecule has 0 aromatic rings. The molecule has 0 amide bonds. The van der Waals surface area contributed by atoms with Crippen molar-refractivity contribution in [2.75, 3.05) is 12.0 Å². The van der Waals surface area contributed by atoms with Crippen molar-refractivity contribution in [3.05, 3.63) is 0 Å². The van der Waals surface area contributed by atoms with Crippen molar-refractivity contribution in [2.45, 2.75) is 24.6 Å². The average Bonchev–Trinajstić information content (AvgIpc) is 2.32. The number of phosphoric ester groups is 1. The van der Waals surface area contributed by atoms with Crippen LogP contribution in [0.3, 0.4) is 0 Å². The van der Waals surface area contributed by atoms with E-state index in [4.69, 9.17) is 14.5 Å². The third-order valence-corrected chi connectivity index (χ3v) is 3.04. The van der Waals surface area contributed by atoms with E-state index in [2.05, 4.69) is 4.52 Å². The minimum atomic E-state index is -4.73. The fraction of sp³-hybridized carbons (Fsp3) is 1.00. The average molecular weight is 260 g/mol. The quantitative estimate of drug-likeness (QED) is 0.471. The molecule has 1 heterocycles. The van der Waals surface area contributed by atoms with Crippen molar-refractivity contribution in [3.8, 4) is 0 Å². The maximum atomic E-state index is 10.5. The molecule has 90 valence electrons. The van der Waals surface area contributed by atoms with Crippen LogP contribution in [0.4, 0.5) is 0 Å². The number of rotatable bonds is 4. The number of phosphoric acid groups is 1. The molecule has 9 heteroatoms. The van der Waals surface area contributed by atoms with Crippen molar-refractivity contribution in [1.29, 1.82) is 0 Å². The van der Waals surface area contributed by atoms with Crippen LogP contribution in [-0.4, -0.2) is 56.6 Å². The summed E-state index contributed by atoms with van der Waals surface area (Å²) in [5.41, 5.74) is 0. The highest BCUT2D eigenvalue weighted by Crippen LogP contribution is 2.41. The summed E-state index contributed by atoms with van der Waals surface area (Å²) in [4.78, 5) is 17.0. The summed E-state index contributed by atoms with van der Waals surface area (Å²) in [6.07, 6.45) is -3.05. The minimum Gasteiger partial charge on any atom is -0.387 e. The Morgan fingerprint density at radius 3 is 2.47 bits per heavy atom. The summed E-state index contributed by atoms with van der Waals surface area (Å²) in [5, 5.41) is 18.8. The Morgan fingerprint density at radius 1 is 1.40 bits per heavy atom. The summed E-state index contributed by atoms with van der Waals surface area (Å²) >= 11 is 1.38. The van der Waals surface area contributed by atoms with E-state index in [1.807, 2.05) is 0 Å². The number of thioether (sulfide) groups is 1. The van der Waals surface area contributed by atoms with Gasteiger partial charge in [-0.2, -0.15) is 11.8 Å². The van der Waals surface area contributed by atoms with Gasteiger partial charge in [-0.05, 0) is 6.26 Å². The van der Waals surface area contributed by atoms with Crippen LogP contribution in [-0.2, 0) is 13.8 Å². The second-order valence-electron chi connectivity index (χ2n) is 3.08. The van der Waals surface area contributed by atoms with Crippen LogP contribution in [0, 0.1) is 0 Å². The highest BCUT2D eigenvalue weighted by molar-refractivity contribution is 7.98. The second kappa shape index (κ2) is 5.11. The van der Waals surface area contributed by atoms with E-state index in [9.17, 15) is 14.8 Å². The number of aliphatic hydroxyl groups excluding tert-OH is 2. The van der Waals surface area contributed by atoms with Gasteiger partial charge in [-0.25, -0.2) is 4.57 Å². The Labute approximate surface area is 90.6 Å². The van der Waals surface area contributed by atoms with Gasteiger partial charge >= 0.3 is 7.82 Å². The Hall–Kier alpha value is 0.340. The molecule has 0 radical (unpaired) electrons. The maximum absolute atomic E-state index is 10.5. The number of aliphatic hydroxyl groups is 2. The summed E-state index contributed by atoms with van der Waals surface area (Å²) in [6, 6.07) is 0. The van der Waals surface area contributed by atoms with E-state index in [1.165, 1.54) is 11.8 Å². The van der Waals surface area contributed by atoms with Gasteiger partial charge in [0.2, 0.25) is 0 Å². The fourth-order valence-electron chi connectivity index (χ4n) is 1.24. The monoisotopic (exact) mass is 260 g/mol. The van der Waals surface area contributed by atoms with Gasteiger partial charge in [0.25, 0.3) is 0 Å². The van der Waals surface area contributed by atoms with Crippen molar-refractivity contribution in [1.82, 2.24) is 0 Å². The number of hydrogen-bond donors (Lipinski definition) is 4. The zero-order valence-electron chi connectivity index (χ0n) is 7.89. The molecule has 0 bridgehead atoms. The standard InChI is InChI=1S/C6H13O7PS/c1-15-2-3-4(7)5(8)6(12-3)13-14(9,10)11/h3-8H,2H2,1H3,(H2,9,10,11). The van der Waals surface area contributed by atoms with Gasteiger partial charge in [0.05, 0.1) is 6.10 Å². The van der Waals surface area contributed by atoms with E-state index in [1.54, 1.807) is 6.26 Å². The van der Waals surface area contributed by atoms with E-state index >= 15 is 0 Å². The van der Waals surface area contributed by atoms with Crippen molar-refractivity contribution >= 4 is 19.6 Å². The van der Waals surface area contributed by atoms with Gasteiger partial charge in [0, 0.05) is 5.75 Å². The van der Waals surface area contributed by atoms with E-state index < -0.39 is 32.4 Å². The topological polar surface area (TPSA) is 116 Å².